The van der Waals surface area contributed by atoms with Gasteiger partial charge in [-0.25, -0.2) is 0 Å². The quantitative estimate of drug-likeness (QED) is 0.751. The lowest BCUT2D eigenvalue weighted by atomic mass is 9.94. The molecular formula is C12H18O. The molecule has 1 aromatic carbocycles. The Kier molecular flexibility index (Phi) is 3.97. The highest BCUT2D eigenvalue weighted by Crippen LogP contribution is 2.24. The van der Waals surface area contributed by atoms with Crippen molar-refractivity contribution in [2.45, 2.75) is 32.8 Å². The second-order valence-electron chi connectivity index (χ2n) is 3.62. The summed E-state index contributed by atoms with van der Waals surface area (Å²) in [6.07, 6.45) is 1.90. The predicted molar refractivity (Wildman–Crippen MR) is 55.5 cm³/mol. The molecule has 13 heavy (non-hydrogen) atoms. The van der Waals surface area contributed by atoms with Crippen molar-refractivity contribution >= 4 is 0 Å². The molecule has 0 spiro atoms. The minimum atomic E-state index is -0.304. The molecule has 1 nitrogen and oxygen atoms in total. The maximum Gasteiger partial charge on any atom is 0.0815 e. The molecule has 0 unspecified atom stereocenters. The van der Waals surface area contributed by atoms with Gasteiger partial charge in [0, 0.05) is 0 Å². The standard InChI is InChI=1S/C12H18O/c1-3-7-10(2)12(13)11-8-5-4-6-9-11/h4-6,8-10,12-13H,3,7H2,1-2H3/t10-,12+/m0/s1. The van der Waals surface area contributed by atoms with Gasteiger partial charge in [-0.15, -0.1) is 0 Å². The molecule has 0 bridgehead atoms. The minimum Gasteiger partial charge on any atom is -0.388 e. The first kappa shape index (κ1) is 10.3. The number of aliphatic hydroxyl groups excluding tert-OH is 1. The van der Waals surface area contributed by atoms with Crippen LogP contribution in [0.3, 0.4) is 0 Å². The van der Waals surface area contributed by atoms with Gasteiger partial charge in [-0.2, -0.15) is 0 Å². The molecule has 1 heteroatoms. The zero-order valence-corrected chi connectivity index (χ0v) is 8.40. The summed E-state index contributed by atoms with van der Waals surface area (Å²) in [4.78, 5) is 0. The van der Waals surface area contributed by atoms with Crippen LogP contribution in [0.15, 0.2) is 30.3 Å². The Bertz CT molecular complexity index is 230. The van der Waals surface area contributed by atoms with E-state index in [0.717, 1.165) is 18.4 Å². The SMILES string of the molecule is CCC[C@H](C)[C@@H](O)c1ccccc1. The lowest BCUT2D eigenvalue weighted by molar-refractivity contribution is 0.112. The molecule has 1 N–H and O–H groups in total. The summed E-state index contributed by atoms with van der Waals surface area (Å²) in [5.74, 6) is 0.354. The summed E-state index contributed by atoms with van der Waals surface area (Å²) in [5.41, 5.74) is 1.03. The number of hydrogen-bond acceptors (Lipinski definition) is 1. The maximum absolute atomic E-state index is 9.92. The Hall–Kier alpha value is -0.820. The van der Waals surface area contributed by atoms with E-state index >= 15 is 0 Å². The van der Waals surface area contributed by atoms with Crippen molar-refractivity contribution in [3.8, 4) is 0 Å². The molecule has 72 valence electrons. The largest absolute Gasteiger partial charge is 0.388 e. The molecule has 1 rings (SSSR count). The van der Waals surface area contributed by atoms with Crippen LogP contribution in [0, 0.1) is 5.92 Å². The van der Waals surface area contributed by atoms with Gasteiger partial charge in [-0.1, -0.05) is 50.6 Å². The predicted octanol–water partition coefficient (Wildman–Crippen LogP) is 3.16. The van der Waals surface area contributed by atoms with Crippen molar-refractivity contribution in [2.75, 3.05) is 0 Å². The van der Waals surface area contributed by atoms with Crippen molar-refractivity contribution in [3.05, 3.63) is 35.9 Å². The van der Waals surface area contributed by atoms with E-state index in [1.54, 1.807) is 0 Å². The maximum atomic E-state index is 9.92. The summed E-state index contributed by atoms with van der Waals surface area (Å²) in [6, 6.07) is 9.88. The average Bonchev–Trinajstić information content (AvgIpc) is 2.18. The molecule has 1 aromatic rings. The fourth-order valence-electron chi connectivity index (χ4n) is 1.59. The van der Waals surface area contributed by atoms with Gasteiger partial charge in [0.15, 0.2) is 0 Å². The lowest BCUT2D eigenvalue weighted by Crippen LogP contribution is -2.08. The lowest BCUT2D eigenvalue weighted by Gasteiger charge is -2.18. The average molecular weight is 178 g/mol. The topological polar surface area (TPSA) is 20.2 Å². The van der Waals surface area contributed by atoms with Gasteiger partial charge in [-0.05, 0) is 17.9 Å². The van der Waals surface area contributed by atoms with Crippen molar-refractivity contribution in [1.82, 2.24) is 0 Å². The molecule has 0 saturated heterocycles. The van der Waals surface area contributed by atoms with Crippen molar-refractivity contribution in [2.24, 2.45) is 5.92 Å². The van der Waals surface area contributed by atoms with E-state index in [9.17, 15) is 5.11 Å². The molecular weight excluding hydrogens is 160 g/mol. The van der Waals surface area contributed by atoms with Crippen LogP contribution in [0.2, 0.25) is 0 Å². The van der Waals surface area contributed by atoms with Crippen LogP contribution in [0.4, 0.5) is 0 Å². The number of aliphatic hydroxyl groups is 1. The summed E-state index contributed by atoms with van der Waals surface area (Å²) >= 11 is 0. The van der Waals surface area contributed by atoms with Crippen LogP contribution in [-0.2, 0) is 0 Å². The van der Waals surface area contributed by atoms with Gasteiger partial charge in [0.05, 0.1) is 6.10 Å². The molecule has 0 amide bonds. The van der Waals surface area contributed by atoms with E-state index in [1.807, 2.05) is 30.3 Å². The minimum absolute atomic E-state index is 0.304. The van der Waals surface area contributed by atoms with Crippen LogP contribution in [0.5, 0.6) is 0 Å². The van der Waals surface area contributed by atoms with Gasteiger partial charge < -0.3 is 5.11 Å². The second kappa shape index (κ2) is 5.03. The van der Waals surface area contributed by atoms with Crippen molar-refractivity contribution < 1.29 is 5.11 Å². The van der Waals surface area contributed by atoms with E-state index in [0.29, 0.717) is 5.92 Å². The molecule has 0 aliphatic carbocycles. The van der Waals surface area contributed by atoms with Gasteiger partial charge >= 0.3 is 0 Å². The third-order valence-electron chi connectivity index (χ3n) is 2.42. The zero-order valence-electron chi connectivity index (χ0n) is 8.40. The first-order valence-corrected chi connectivity index (χ1v) is 4.98. The van der Waals surface area contributed by atoms with Crippen LogP contribution >= 0.6 is 0 Å². The fraction of sp³-hybridized carbons (Fsp3) is 0.500. The normalized spacial score (nSPS) is 15.3. The highest BCUT2D eigenvalue weighted by Gasteiger charge is 2.14. The molecule has 0 aromatic heterocycles. The molecule has 2 atom stereocenters. The van der Waals surface area contributed by atoms with E-state index in [-0.39, 0.29) is 6.10 Å². The first-order valence-electron chi connectivity index (χ1n) is 4.98. The van der Waals surface area contributed by atoms with Gasteiger partial charge in [-0.3, -0.25) is 0 Å². The zero-order chi connectivity index (χ0) is 9.68. The molecule has 0 heterocycles. The Morgan fingerprint density at radius 3 is 2.38 bits per heavy atom. The van der Waals surface area contributed by atoms with Gasteiger partial charge in [0.2, 0.25) is 0 Å². The Balaban J connectivity index is 2.62. The second-order valence-corrected chi connectivity index (χ2v) is 3.62. The highest BCUT2D eigenvalue weighted by atomic mass is 16.3. The number of rotatable bonds is 4. The smallest absolute Gasteiger partial charge is 0.0815 e. The fourth-order valence-corrected chi connectivity index (χ4v) is 1.59. The first-order chi connectivity index (χ1) is 6.25. The van der Waals surface area contributed by atoms with Crippen LogP contribution in [-0.4, -0.2) is 5.11 Å². The molecule has 0 fully saturated rings. The monoisotopic (exact) mass is 178 g/mol. The number of hydrogen-bond donors (Lipinski definition) is 1. The summed E-state index contributed by atoms with van der Waals surface area (Å²) in [6.45, 7) is 4.25. The number of benzene rings is 1. The third-order valence-corrected chi connectivity index (χ3v) is 2.42. The van der Waals surface area contributed by atoms with E-state index < -0.39 is 0 Å². The van der Waals surface area contributed by atoms with Gasteiger partial charge in [0.25, 0.3) is 0 Å². The van der Waals surface area contributed by atoms with Crippen LogP contribution in [0.1, 0.15) is 38.4 Å². The Labute approximate surface area is 80.4 Å². The summed E-state index contributed by atoms with van der Waals surface area (Å²) in [7, 11) is 0. The Morgan fingerprint density at radius 1 is 1.23 bits per heavy atom. The van der Waals surface area contributed by atoms with Crippen molar-refractivity contribution in [1.29, 1.82) is 0 Å². The van der Waals surface area contributed by atoms with E-state index in [2.05, 4.69) is 13.8 Å². The van der Waals surface area contributed by atoms with Crippen molar-refractivity contribution in [3.63, 3.8) is 0 Å². The van der Waals surface area contributed by atoms with E-state index in [4.69, 9.17) is 0 Å². The Morgan fingerprint density at radius 2 is 1.85 bits per heavy atom. The van der Waals surface area contributed by atoms with E-state index in [1.165, 1.54) is 0 Å². The molecule has 0 aliphatic heterocycles. The van der Waals surface area contributed by atoms with Crippen LogP contribution in [0.25, 0.3) is 0 Å². The molecule has 0 aliphatic rings. The summed E-state index contributed by atoms with van der Waals surface area (Å²) < 4.78 is 0. The molecule has 0 radical (unpaired) electrons. The summed E-state index contributed by atoms with van der Waals surface area (Å²) in [5, 5.41) is 9.92. The van der Waals surface area contributed by atoms with Gasteiger partial charge in [0.1, 0.15) is 0 Å². The highest BCUT2D eigenvalue weighted by molar-refractivity contribution is 5.17. The molecule has 0 saturated carbocycles. The van der Waals surface area contributed by atoms with Crippen LogP contribution < -0.4 is 0 Å². The third kappa shape index (κ3) is 2.85.